The number of benzene rings is 1. The van der Waals surface area contributed by atoms with Gasteiger partial charge < -0.3 is 9.80 Å². The summed E-state index contributed by atoms with van der Waals surface area (Å²) >= 11 is 0. The first-order chi connectivity index (χ1) is 12.9. The number of carbonyl (C=O) groups excluding carboxylic acids is 2. The van der Waals surface area contributed by atoms with E-state index in [2.05, 4.69) is 4.90 Å². The first-order valence-corrected chi connectivity index (χ1v) is 11.3. The largest absolute Gasteiger partial charge is 0.339 e. The average Bonchev–Trinajstić information content (AvgIpc) is 2.69. The molecule has 7 nitrogen and oxygen atoms in total. The lowest BCUT2D eigenvalue weighted by Gasteiger charge is -2.42. The van der Waals surface area contributed by atoms with Gasteiger partial charge in [0.2, 0.25) is 11.8 Å². The van der Waals surface area contributed by atoms with E-state index in [1.807, 2.05) is 35.2 Å². The van der Waals surface area contributed by atoms with E-state index in [0.717, 1.165) is 25.1 Å². The molecule has 0 N–H and O–H groups in total. The summed E-state index contributed by atoms with van der Waals surface area (Å²) in [6, 6.07) is 9.53. The summed E-state index contributed by atoms with van der Waals surface area (Å²) in [5.41, 5.74) is 0.922. The van der Waals surface area contributed by atoms with Gasteiger partial charge in [0.25, 0.3) is 0 Å². The van der Waals surface area contributed by atoms with Crippen molar-refractivity contribution in [1.82, 2.24) is 9.80 Å². The topological polar surface area (TPSA) is 78.0 Å². The fourth-order valence-electron chi connectivity index (χ4n) is 3.72. The molecule has 1 aromatic carbocycles. The molecule has 0 radical (unpaired) electrons. The summed E-state index contributed by atoms with van der Waals surface area (Å²) in [6.45, 7) is 4.40. The molecule has 148 valence electrons. The number of piperazine rings is 1. The van der Waals surface area contributed by atoms with E-state index in [-0.39, 0.29) is 23.6 Å². The normalized spacial score (nSPS) is 22.1. The van der Waals surface area contributed by atoms with Crippen molar-refractivity contribution < 1.29 is 18.0 Å². The smallest absolute Gasteiger partial charge is 0.244 e. The van der Waals surface area contributed by atoms with E-state index in [1.54, 1.807) is 11.8 Å². The summed E-state index contributed by atoms with van der Waals surface area (Å²) < 4.78 is 23.3. The quantitative estimate of drug-likeness (QED) is 0.738. The third kappa shape index (κ3) is 4.68. The number of hydrogen-bond acceptors (Lipinski definition) is 5. The second-order valence-corrected chi connectivity index (χ2v) is 9.43. The van der Waals surface area contributed by atoms with E-state index >= 15 is 0 Å². The van der Waals surface area contributed by atoms with Crippen LogP contribution in [0.3, 0.4) is 0 Å². The lowest BCUT2D eigenvalue weighted by molar-refractivity contribution is -0.132. The van der Waals surface area contributed by atoms with Crippen LogP contribution < -0.4 is 4.90 Å². The molecule has 27 heavy (non-hydrogen) atoms. The molecule has 0 spiro atoms. The fourth-order valence-corrected chi connectivity index (χ4v) is 4.49. The molecule has 0 bridgehead atoms. The molecule has 0 unspecified atom stereocenters. The highest BCUT2D eigenvalue weighted by molar-refractivity contribution is 7.92. The fraction of sp³-hybridized carbons (Fsp3) is 0.579. The van der Waals surface area contributed by atoms with Crippen molar-refractivity contribution in [3.63, 3.8) is 0 Å². The third-order valence-corrected chi connectivity index (χ3v) is 6.94. The molecule has 2 fully saturated rings. The van der Waals surface area contributed by atoms with E-state index in [9.17, 15) is 18.0 Å². The van der Waals surface area contributed by atoms with Crippen LogP contribution in [0.1, 0.15) is 19.8 Å². The summed E-state index contributed by atoms with van der Waals surface area (Å²) in [6.07, 6.45) is 1.76. The number of hydrogen-bond donors (Lipinski definition) is 0. The SMILES string of the molecule is CCS(=O)(=O)CC(=O)N1CCN([C@H]2CCCN(c3ccccc3)C2=O)CC1. The minimum Gasteiger partial charge on any atom is -0.339 e. The van der Waals surface area contributed by atoms with Crippen molar-refractivity contribution in [2.24, 2.45) is 0 Å². The van der Waals surface area contributed by atoms with Crippen LogP contribution in [0.2, 0.25) is 0 Å². The molecule has 1 aromatic rings. The lowest BCUT2D eigenvalue weighted by atomic mass is 10.0. The summed E-state index contributed by atoms with van der Waals surface area (Å²) in [5, 5.41) is 0. The van der Waals surface area contributed by atoms with Crippen molar-refractivity contribution >= 4 is 27.3 Å². The molecular weight excluding hydrogens is 366 g/mol. The van der Waals surface area contributed by atoms with Crippen LogP contribution in [0.15, 0.2) is 30.3 Å². The molecule has 2 saturated heterocycles. The van der Waals surface area contributed by atoms with Crippen LogP contribution >= 0.6 is 0 Å². The first kappa shape index (κ1) is 19.8. The number of amides is 2. The van der Waals surface area contributed by atoms with E-state index < -0.39 is 15.6 Å². The Kier molecular flexibility index (Phi) is 6.16. The predicted molar refractivity (Wildman–Crippen MR) is 104 cm³/mol. The van der Waals surface area contributed by atoms with Gasteiger partial charge in [-0.25, -0.2) is 8.42 Å². The number of piperidine rings is 1. The van der Waals surface area contributed by atoms with Crippen LogP contribution in [0, 0.1) is 0 Å². The van der Waals surface area contributed by atoms with Crippen molar-refractivity contribution in [3.05, 3.63) is 30.3 Å². The van der Waals surface area contributed by atoms with Crippen LogP contribution in [0.5, 0.6) is 0 Å². The van der Waals surface area contributed by atoms with Gasteiger partial charge in [-0.3, -0.25) is 14.5 Å². The molecule has 2 heterocycles. The zero-order valence-electron chi connectivity index (χ0n) is 15.7. The number of para-hydroxylation sites is 1. The van der Waals surface area contributed by atoms with Gasteiger partial charge in [-0.05, 0) is 25.0 Å². The monoisotopic (exact) mass is 393 g/mol. The Labute approximate surface area is 160 Å². The van der Waals surface area contributed by atoms with E-state index in [0.29, 0.717) is 26.2 Å². The standard InChI is InChI=1S/C19H27N3O4S/c1-2-27(25,26)15-18(23)21-13-11-20(12-14-21)17-9-6-10-22(19(17)24)16-7-4-3-5-8-16/h3-5,7-8,17H,2,6,9-15H2,1H3/t17-/m0/s1. The maximum atomic E-state index is 13.0. The number of sulfone groups is 1. The van der Waals surface area contributed by atoms with Gasteiger partial charge in [-0.1, -0.05) is 25.1 Å². The van der Waals surface area contributed by atoms with Crippen molar-refractivity contribution in [1.29, 1.82) is 0 Å². The maximum Gasteiger partial charge on any atom is 0.244 e. The molecular formula is C19H27N3O4S. The highest BCUT2D eigenvalue weighted by Crippen LogP contribution is 2.24. The third-order valence-electron chi connectivity index (χ3n) is 5.37. The molecule has 2 aliphatic rings. The Hall–Kier alpha value is -1.93. The van der Waals surface area contributed by atoms with Crippen molar-refractivity contribution in [2.45, 2.75) is 25.8 Å². The zero-order valence-corrected chi connectivity index (χ0v) is 16.5. The Morgan fingerprint density at radius 1 is 1.07 bits per heavy atom. The average molecular weight is 394 g/mol. The van der Waals surface area contributed by atoms with Gasteiger partial charge in [0.1, 0.15) is 5.75 Å². The zero-order chi connectivity index (χ0) is 19.4. The van der Waals surface area contributed by atoms with Crippen LogP contribution in [-0.2, 0) is 19.4 Å². The van der Waals surface area contributed by atoms with Gasteiger partial charge >= 0.3 is 0 Å². The Morgan fingerprint density at radius 3 is 2.37 bits per heavy atom. The Morgan fingerprint density at radius 2 is 1.74 bits per heavy atom. The van der Waals surface area contributed by atoms with Crippen LogP contribution in [0.4, 0.5) is 5.69 Å². The molecule has 0 aliphatic carbocycles. The number of carbonyl (C=O) groups is 2. The van der Waals surface area contributed by atoms with Crippen molar-refractivity contribution in [3.8, 4) is 0 Å². The van der Waals surface area contributed by atoms with Gasteiger partial charge in [-0.15, -0.1) is 0 Å². The summed E-state index contributed by atoms with van der Waals surface area (Å²) in [4.78, 5) is 30.8. The highest BCUT2D eigenvalue weighted by Gasteiger charge is 2.36. The molecule has 8 heteroatoms. The first-order valence-electron chi connectivity index (χ1n) is 9.50. The molecule has 0 saturated carbocycles. The molecule has 2 aliphatic heterocycles. The Bertz CT molecular complexity index is 773. The van der Waals surface area contributed by atoms with Gasteiger partial charge in [0.05, 0.1) is 6.04 Å². The number of anilines is 1. The molecule has 2 amide bonds. The van der Waals surface area contributed by atoms with Gasteiger partial charge in [0, 0.05) is 44.2 Å². The lowest BCUT2D eigenvalue weighted by Crippen LogP contribution is -2.58. The van der Waals surface area contributed by atoms with Crippen molar-refractivity contribution in [2.75, 3.05) is 49.1 Å². The second-order valence-electron chi connectivity index (χ2n) is 7.08. The van der Waals surface area contributed by atoms with Gasteiger partial charge in [-0.2, -0.15) is 0 Å². The summed E-state index contributed by atoms with van der Waals surface area (Å²) in [7, 11) is -3.31. The van der Waals surface area contributed by atoms with Crippen LogP contribution in [0.25, 0.3) is 0 Å². The Balaban J connectivity index is 1.59. The minimum absolute atomic E-state index is 0.0232. The maximum absolute atomic E-state index is 13.0. The summed E-state index contributed by atoms with van der Waals surface area (Å²) in [5.74, 6) is -0.670. The van der Waals surface area contributed by atoms with E-state index in [4.69, 9.17) is 0 Å². The van der Waals surface area contributed by atoms with Gasteiger partial charge in [0.15, 0.2) is 9.84 Å². The molecule has 3 rings (SSSR count). The number of rotatable bonds is 5. The highest BCUT2D eigenvalue weighted by atomic mass is 32.2. The predicted octanol–water partition coefficient (Wildman–Crippen LogP) is 0.761. The van der Waals surface area contributed by atoms with E-state index in [1.165, 1.54) is 0 Å². The van der Waals surface area contributed by atoms with Crippen LogP contribution in [-0.4, -0.2) is 80.3 Å². The second kappa shape index (κ2) is 8.39. The number of nitrogens with zero attached hydrogens (tertiary/aromatic N) is 3. The minimum atomic E-state index is -3.31. The molecule has 0 aromatic heterocycles. The molecule has 1 atom stereocenters.